The Kier molecular flexibility index (Phi) is 2.37. The Labute approximate surface area is 85.3 Å². The van der Waals surface area contributed by atoms with Crippen LogP contribution in [-0.4, -0.2) is 16.2 Å². The summed E-state index contributed by atoms with van der Waals surface area (Å²) < 4.78 is 4.68. The van der Waals surface area contributed by atoms with Crippen molar-refractivity contribution in [2.24, 2.45) is 0 Å². The molecule has 2 N–H and O–H groups in total. The number of phenols is 1. The summed E-state index contributed by atoms with van der Waals surface area (Å²) in [6.45, 7) is 0. The molecule has 0 spiro atoms. The molecule has 0 saturated carbocycles. The van der Waals surface area contributed by atoms with Crippen molar-refractivity contribution in [2.75, 3.05) is 5.32 Å². The SMILES string of the molecule is O=C(Nc1ccc(O)cc1)c1ccno1. The van der Waals surface area contributed by atoms with Crippen LogP contribution >= 0.6 is 0 Å². The molecule has 0 aliphatic rings. The van der Waals surface area contributed by atoms with Crippen molar-refractivity contribution in [3.8, 4) is 5.75 Å². The molecule has 1 heterocycles. The summed E-state index contributed by atoms with van der Waals surface area (Å²) in [6.07, 6.45) is 1.39. The second-order valence-corrected chi connectivity index (χ2v) is 2.88. The summed E-state index contributed by atoms with van der Waals surface area (Å²) in [5, 5.41) is 15.0. The van der Waals surface area contributed by atoms with Crippen LogP contribution in [0, 0.1) is 0 Å². The van der Waals surface area contributed by atoms with Gasteiger partial charge in [-0.2, -0.15) is 0 Å². The first-order valence-corrected chi connectivity index (χ1v) is 4.27. The van der Waals surface area contributed by atoms with Gasteiger partial charge in [0.2, 0.25) is 5.76 Å². The molecule has 0 fully saturated rings. The first-order valence-electron chi connectivity index (χ1n) is 4.27. The van der Waals surface area contributed by atoms with Crippen molar-refractivity contribution in [1.29, 1.82) is 0 Å². The molecule has 0 unspecified atom stereocenters. The summed E-state index contributed by atoms with van der Waals surface area (Å²) in [5.41, 5.74) is 0.578. The zero-order valence-electron chi connectivity index (χ0n) is 7.68. The van der Waals surface area contributed by atoms with Crippen molar-refractivity contribution < 1.29 is 14.4 Å². The summed E-state index contributed by atoms with van der Waals surface area (Å²) in [4.78, 5) is 11.5. The minimum atomic E-state index is -0.377. The molecule has 0 aliphatic heterocycles. The maximum absolute atomic E-state index is 11.5. The van der Waals surface area contributed by atoms with Crippen LogP contribution in [0.4, 0.5) is 5.69 Å². The molecule has 15 heavy (non-hydrogen) atoms. The van der Waals surface area contributed by atoms with Crippen molar-refractivity contribution in [2.45, 2.75) is 0 Å². The number of rotatable bonds is 2. The van der Waals surface area contributed by atoms with E-state index in [1.54, 1.807) is 12.1 Å². The highest BCUT2D eigenvalue weighted by atomic mass is 16.5. The number of hydrogen-bond acceptors (Lipinski definition) is 4. The first-order chi connectivity index (χ1) is 7.25. The van der Waals surface area contributed by atoms with E-state index < -0.39 is 0 Å². The van der Waals surface area contributed by atoms with E-state index in [2.05, 4.69) is 15.0 Å². The van der Waals surface area contributed by atoms with E-state index in [0.717, 1.165) is 0 Å². The third-order valence-electron chi connectivity index (χ3n) is 1.79. The van der Waals surface area contributed by atoms with E-state index >= 15 is 0 Å². The molecule has 0 saturated heterocycles. The molecule has 1 amide bonds. The Morgan fingerprint density at radius 2 is 2.00 bits per heavy atom. The second-order valence-electron chi connectivity index (χ2n) is 2.88. The second kappa shape index (κ2) is 3.83. The molecule has 0 aliphatic carbocycles. The summed E-state index contributed by atoms with van der Waals surface area (Å²) in [7, 11) is 0. The number of aromatic nitrogens is 1. The molecular formula is C10H8N2O3. The zero-order valence-corrected chi connectivity index (χ0v) is 7.68. The molecule has 1 aromatic heterocycles. The topological polar surface area (TPSA) is 75.4 Å². The van der Waals surface area contributed by atoms with Gasteiger partial charge in [-0.3, -0.25) is 4.79 Å². The van der Waals surface area contributed by atoms with Crippen molar-refractivity contribution in [3.05, 3.63) is 42.3 Å². The lowest BCUT2D eigenvalue weighted by atomic mass is 10.3. The molecule has 0 bridgehead atoms. The van der Waals surface area contributed by atoms with E-state index in [-0.39, 0.29) is 17.4 Å². The minimum absolute atomic E-state index is 0.142. The molecule has 0 atom stereocenters. The number of aromatic hydroxyl groups is 1. The fraction of sp³-hybridized carbons (Fsp3) is 0. The quantitative estimate of drug-likeness (QED) is 0.729. The average Bonchev–Trinajstić information content (AvgIpc) is 2.74. The number of nitrogens with zero attached hydrogens (tertiary/aromatic N) is 1. The van der Waals surface area contributed by atoms with Gasteiger partial charge >= 0.3 is 0 Å². The molecule has 76 valence electrons. The number of benzene rings is 1. The Bertz CT molecular complexity index is 448. The summed E-state index contributed by atoms with van der Waals surface area (Å²) in [5.74, 6) is -0.0890. The minimum Gasteiger partial charge on any atom is -0.508 e. The predicted octanol–water partition coefficient (Wildman–Crippen LogP) is 1.63. The van der Waals surface area contributed by atoms with Gasteiger partial charge in [-0.25, -0.2) is 0 Å². The largest absolute Gasteiger partial charge is 0.508 e. The standard InChI is InChI=1S/C10H8N2O3/c13-8-3-1-7(2-4-8)12-10(14)9-5-6-11-15-9/h1-6,13H,(H,12,14). The first kappa shape index (κ1) is 9.26. The number of carbonyl (C=O) groups is 1. The molecule has 5 heteroatoms. The number of nitrogens with one attached hydrogen (secondary N) is 1. The molecule has 0 radical (unpaired) electrons. The van der Waals surface area contributed by atoms with Crippen molar-refractivity contribution in [1.82, 2.24) is 5.16 Å². The average molecular weight is 204 g/mol. The molecule has 2 rings (SSSR count). The van der Waals surface area contributed by atoms with E-state index in [1.165, 1.54) is 24.4 Å². The van der Waals surface area contributed by atoms with Gasteiger partial charge in [0.25, 0.3) is 5.91 Å². The van der Waals surface area contributed by atoms with Crippen LogP contribution in [0.5, 0.6) is 5.75 Å². The maximum atomic E-state index is 11.5. The van der Waals surface area contributed by atoms with Gasteiger partial charge in [0, 0.05) is 11.8 Å². The Morgan fingerprint density at radius 3 is 2.60 bits per heavy atom. The highest BCUT2D eigenvalue weighted by Gasteiger charge is 2.09. The number of amides is 1. The smallest absolute Gasteiger partial charge is 0.294 e. The predicted molar refractivity (Wildman–Crippen MR) is 52.6 cm³/mol. The number of phenolic OH excluding ortho intramolecular Hbond substituents is 1. The lowest BCUT2D eigenvalue weighted by Gasteiger charge is -2.01. The number of carbonyl (C=O) groups excluding carboxylic acids is 1. The highest BCUT2D eigenvalue weighted by Crippen LogP contribution is 2.14. The zero-order chi connectivity index (χ0) is 10.7. The fourth-order valence-electron chi connectivity index (χ4n) is 1.07. The van der Waals surface area contributed by atoms with Crippen LogP contribution in [0.1, 0.15) is 10.6 Å². The third-order valence-corrected chi connectivity index (χ3v) is 1.79. The Balaban J connectivity index is 2.09. The van der Waals surface area contributed by atoms with Crippen LogP contribution in [0.3, 0.4) is 0 Å². The van der Waals surface area contributed by atoms with Crippen molar-refractivity contribution in [3.63, 3.8) is 0 Å². The third kappa shape index (κ3) is 2.14. The van der Waals surface area contributed by atoms with Gasteiger partial charge in [-0.1, -0.05) is 5.16 Å². The lowest BCUT2D eigenvalue weighted by molar-refractivity contribution is 0.0988. The van der Waals surface area contributed by atoms with Gasteiger partial charge in [-0.05, 0) is 24.3 Å². The van der Waals surface area contributed by atoms with Gasteiger partial charge < -0.3 is 14.9 Å². The monoisotopic (exact) mass is 204 g/mol. The molecular weight excluding hydrogens is 196 g/mol. The van der Waals surface area contributed by atoms with Gasteiger partial charge in [0.15, 0.2) is 0 Å². The van der Waals surface area contributed by atoms with E-state index in [9.17, 15) is 4.79 Å². The molecule has 1 aromatic carbocycles. The van der Waals surface area contributed by atoms with E-state index in [1.807, 2.05) is 0 Å². The molecule has 2 aromatic rings. The molecule has 5 nitrogen and oxygen atoms in total. The van der Waals surface area contributed by atoms with Crippen LogP contribution in [0.15, 0.2) is 41.1 Å². The maximum Gasteiger partial charge on any atom is 0.294 e. The van der Waals surface area contributed by atoms with Crippen LogP contribution < -0.4 is 5.32 Å². The summed E-state index contributed by atoms with van der Waals surface area (Å²) in [6, 6.07) is 7.61. The lowest BCUT2D eigenvalue weighted by Crippen LogP contribution is -2.10. The van der Waals surface area contributed by atoms with Crippen molar-refractivity contribution >= 4 is 11.6 Å². The van der Waals surface area contributed by atoms with Crippen LogP contribution in [-0.2, 0) is 0 Å². The summed E-state index contributed by atoms with van der Waals surface area (Å²) >= 11 is 0. The Morgan fingerprint density at radius 1 is 1.27 bits per heavy atom. The van der Waals surface area contributed by atoms with Crippen LogP contribution in [0.25, 0.3) is 0 Å². The number of hydrogen-bond donors (Lipinski definition) is 2. The van der Waals surface area contributed by atoms with E-state index in [0.29, 0.717) is 5.69 Å². The van der Waals surface area contributed by atoms with Gasteiger partial charge in [0.1, 0.15) is 5.75 Å². The Hall–Kier alpha value is -2.30. The highest BCUT2D eigenvalue weighted by molar-refractivity contribution is 6.02. The van der Waals surface area contributed by atoms with Gasteiger partial charge in [0.05, 0.1) is 6.20 Å². The number of anilines is 1. The fourth-order valence-corrected chi connectivity index (χ4v) is 1.07. The van der Waals surface area contributed by atoms with Crippen LogP contribution in [0.2, 0.25) is 0 Å². The van der Waals surface area contributed by atoms with Gasteiger partial charge in [-0.15, -0.1) is 0 Å². The van der Waals surface area contributed by atoms with E-state index in [4.69, 9.17) is 5.11 Å². The normalized spacial score (nSPS) is 9.87.